The lowest BCUT2D eigenvalue weighted by Crippen LogP contribution is -2.29. The van der Waals surface area contributed by atoms with Gasteiger partial charge >= 0.3 is 0 Å². The van der Waals surface area contributed by atoms with Crippen LogP contribution in [0.3, 0.4) is 0 Å². The van der Waals surface area contributed by atoms with Crippen LogP contribution in [-0.4, -0.2) is 48.8 Å². The average Bonchev–Trinajstić information content (AvgIpc) is 3.00. The molecule has 0 bridgehead atoms. The number of carbonyl (C=O) groups is 1. The highest BCUT2D eigenvalue weighted by Crippen LogP contribution is 2.33. The average molecular weight is 447 g/mol. The number of carbonyl (C=O) groups excluding carboxylic acids is 1. The highest BCUT2D eigenvalue weighted by Gasteiger charge is 2.32. The van der Waals surface area contributed by atoms with Crippen molar-refractivity contribution in [2.24, 2.45) is 0 Å². The van der Waals surface area contributed by atoms with Crippen LogP contribution < -0.4 is 10.9 Å². The third-order valence-electron chi connectivity index (χ3n) is 5.02. The lowest BCUT2D eigenvalue weighted by atomic mass is 10.2. The molecule has 0 radical (unpaired) electrons. The summed E-state index contributed by atoms with van der Waals surface area (Å²) in [5, 5.41) is 12.8. The molecule has 1 fully saturated rings. The van der Waals surface area contributed by atoms with E-state index in [9.17, 15) is 14.7 Å². The molecule has 1 amide bonds. The first-order valence-electron chi connectivity index (χ1n) is 10.1. The molecule has 1 aliphatic heterocycles. The number of aliphatic hydroxyl groups excluding tert-OH is 1. The van der Waals surface area contributed by atoms with Gasteiger partial charge in [0.15, 0.2) is 0 Å². The molecule has 0 spiro atoms. The predicted octanol–water partition coefficient (Wildman–Crippen LogP) is 3.19. The van der Waals surface area contributed by atoms with Gasteiger partial charge in [-0.3, -0.25) is 18.9 Å². The van der Waals surface area contributed by atoms with Gasteiger partial charge in [-0.1, -0.05) is 50.3 Å². The summed E-state index contributed by atoms with van der Waals surface area (Å²) in [6.07, 6.45) is 5.71. The number of hydrogen-bond donors (Lipinski definition) is 2. The van der Waals surface area contributed by atoms with Crippen molar-refractivity contribution in [3.8, 4) is 0 Å². The van der Waals surface area contributed by atoms with E-state index in [-0.39, 0.29) is 29.7 Å². The summed E-state index contributed by atoms with van der Waals surface area (Å²) in [7, 11) is 0. The molecule has 0 saturated carbocycles. The number of aromatic nitrogens is 2. The second kappa shape index (κ2) is 9.72. The molecule has 2 aromatic heterocycles. The molecule has 2 aromatic rings. The van der Waals surface area contributed by atoms with E-state index < -0.39 is 0 Å². The molecule has 7 nitrogen and oxygen atoms in total. The van der Waals surface area contributed by atoms with Crippen LogP contribution in [0.1, 0.15) is 44.2 Å². The Labute approximate surface area is 185 Å². The Bertz CT molecular complexity index is 1060. The molecule has 2 N–H and O–H groups in total. The normalized spacial score (nSPS) is 16.7. The monoisotopic (exact) mass is 446 g/mol. The Morgan fingerprint density at radius 2 is 2.13 bits per heavy atom. The smallest absolute Gasteiger partial charge is 0.267 e. The summed E-state index contributed by atoms with van der Waals surface area (Å²) in [6, 6.07) is 3.41. The molecular weight excluding hydrogens is 420 g/mol. The van der Waals surface area contributed by atoms with Crippen LogP contribution in [0.4, 0.5) is 5.82 Å². The molecule has 3 rings (SSSR count). The van der Waals surface area contributed by atoms with E-state index in [2.05, 4.69) is 17.2 Å². The second-order valence-corrected chi connectivity index (χ2v) is 8.86. The zero-order valence-electron chi connectivity index (χ0n) is 17.3. The van der Waals surface area contributed by atoms with Gasteiger partial charge in [-0.2, -0.15) is 0 Å². The van der Waals surface area contributed by atoms with Crippen LogP contribution in [0.5, 0.6) is 0 Å². The first-order chi connectivity index (χ1) is 14.4. The maximum atomic E-state index is 13.3. The zero-order valence-corrected chi connectivity index (χ0v) is 19.0. The first-order valence-corrected chi connectivity index (χ1v) is 11.3. The van der Waals surface area contributed by atoms with Crippen LogP contribution >= 0.6 is 24.0 Å². The third-order valence-corrected chi connectivity index (χ3v) is 6.40. The molecule has 0 aromatic carbocycles. The van der Waals surface area contributed by atoms with Crippen molar-refractivity contribution in [2.75, 3.05) is 18.5 Å². The van der Waals surface area contributed by atoms with E-state index in [0.717, 1.165) is 18.4 Å². The van der Waals surface area contributed by atoms with Crippen molar-refractivity contribution in [1.82, 2.24) is 14.3 Å². The van der Waals surface area contributed by atoms with Gasteiger partial charge in [0.05, 0.1) is 23.1 Å². The lowest BCUT2D eigenvalue weighted by molar-refractivity contribution is -0.122. The number of rotatable bonds is 8. The molecule has 160 valence electrons. The summed E-state index contributed by atoms with van der Waals surface area (Å²) in [4.78, 5) is 32.8. The van der Waals surface area contributed by atoms with Gasteiger partial charge in [-0.25, -0.2) is 4.98 Å². The van der Waals surface area contributed by atoms with Crippen LogP contribution in [-0.2, 0) is 4.79 Å². The van der Waals surface area contributed by atoms with Gasteiger partial charge < -0.3 is 10.4 Å². The summed E-state index contributed by atoms with van der Waals surface area (Å²) in [5.74, 6) is 0.168. The SMILES string of the molecule is CCCCN1C(=O)/C(=C\c2c(N[C@@H](CC)CO)nc3c(C)cccn3c2=O)SC1=S. The molecule has 30 heavy (non-hydrogen) atoms. The summed E-state index contributed by atoms with van der Waals surface area (Å²) >= 11 is 6.57. The van der Waals surface area contributed by atoms with Crippen molar-refractivity contribution < 1.29 is 9.90 Å². The predicted molar refractivity (Wildman–Crippen MR) is 126 cm³/mol. The van der Waals surface area contributed by atoms with Crippen LogP contribution in [0, 0.1) is 6.92 Å². The van der Waals surface area contributed by atoms with Gasteiger partial charge in [-0.15, -0.1) is 0 Å². The van der Waals surface area contributed by atoms with Crippen molar-refractivity contribution >= 4 is 51.7 Å². The number of unbranched alkanes of at least 4 members (excludes halogenated alkanes) is 1. The van der Waals surface area contributed by atoms with E-state index in [1.807, 2.05) is 19.9 Å². The number of nitrogens with one attached hydrogen (secondary N) is 1. The van der Waals surface area contributed by atoms with Gasteiger partial charge in [0, 0.05) is 12.7 Å². The number of nitrogens with zero attached hydrogens (tertiary/aromatic N) is 3. The summed E-state index contributed by atoms with van der Waals surface area (Å²) < 4.78 is 1.98. The molecule has 9 heteroatoms. The Kier molecular flexibility index (Phi) is 7.27. The minimum Gasteiger partial charge on any atom is -0.394 e. The topological polar surface area (TPSA) is 86.9 Å². The standard InChI is InChI=1S/C21H26N4O3S2/c1-4-6-9-25-20(28)16(30-21(25)29)11-15-17(22-14(5-2)12-26)23-18-13(3)8-7-10-24(18)19(15)27/h7-8,10-11,14,22,26H,4-6,9,12H2,1-3H3/b16-11+/t14-/m0/s1. The van der Waals surface area contributed by atoms with E-state index in [1.165, 1.54) is 16.2 Å². The fourth-order valence-corrected chi connectivity index (χ4v) is 4.45. The molecule has 0 unspecified atom stereocenters. The largest absolute Gasteiger partial charge is 0.394 e. The zero-order chi connectivity index (χ0) is 21.8. The molecule has 0 aliphatic carbocycles. The van der Waals surface area contributed by atoms with E-state index in [4.69, 9.17) is 12.2 Å². The van der Waals surface area contributed by atoms with Crippen molar-refractivity contribution in [2.45, 2.75) is 46.1 Å². The van der Waals surface area contributed by atoms with Crippen molar-refractivity contribution in [3.63, 3.8) is 0 Å². The Morgan fingerprint density at radius 1 is 1.37 bits per heavy atom. The summed E-state index contributed by atoms with van der Waals surface area (Å²) in [6.45, 7) is 6.35. The maximum Gasteiger partial charge on any atom is 0.267 e. The number of anilines is 1. The third kappa shape index (κ3) is 4.43. The van der Waals surface area contributed by atoms with Crippen molar-refractivity contribution in [1.29, 1.82) is 0 Å². The molecule has 1 aliphatic rings. The summed E-state index contributed by atoms with van der Waals surface area (Å²) in [5.41, 5.74) is 1.39. The molecular formula is C21H26N4O3S2. The molecule has 1 atom stereocenters. The first kappa shape index (κ1) is 22.5. The van der Waals surface area contributed by atoms with Gasteiger partial charge in [0.1, 0.15) is 15.8 Å². The number of aryl methyl sites for hydroxylation is 1. The number of thioether (sulfide) groups is 1. The number of aliphatic hydroxyl groups is 1. The Morgan fingerprint density at radius 3 is 2.80 bits per heavy atom. The second-order valence-electron chi connectivity index (χ2n) is 7.18. The molecule has 1 saturated heterocycles. The lowest BCUT2D eigenvalue weighted by Gasteiger charge is -2.17. The van der Waals surface area contributed by atoms with Crippen molar-refractivity contribution in [3.05, 3.63) is 44.7 Å². The fourth-order valence-electron chi connectivity index (χ4n) is 3.16. The minimum absolute atomic E-state index is 0.0934. The highest BCUT2D eigenvalue weighted by atomic mass is 32.2. The maximum absolute atomic E-state index is 13.3. The minimum atomic E-state index is -0.280. The van der Waals surface area contributed by atoms with E-state index >= 15 is 0 Å². The number of pyridine rings is 1. The van der Waals surface area contributed by atoms with E-state index in [1.54, 1.807) is 23.2 Å². The van der Waals surface area contributed by atoms with Gasteiger partial charge in [0.25, 0.3) is 11.5 Å². The number of thiocarbonyl (C=S) groups is 1. The van der Waals surface area contributed by atoms with Gasteiger partial charge in [0.2, 0.25) is 0 Å². The Hall–Kier alpha value is -2.23. The number of fused-ring (bicyclic) bond motifs is 1. The fraction of sp³-hybridized carbons (Fsp3) is 0.429. The number of hydrogen-bond acceptors (Lipinski definition) is 7. The number of amides is 1. The van der Waals surface area contributed by atoms with Crippen LogP contribution in [0.25, 0.3) is 11.7 Å². The van der Waals surface area contributed by atoms with Crippen LogP contribution in [0.2, 0.25) is 0 Å². The highest BCUT2D eigenvalue weighted by molar-refractivity contribution is 8.26. The van der Waals surface area contributed by atoms with Crippen LogP contribution in [0.15, 0.2) is 28.0 Å². The quantitative estimate of drug-likeness (QED) is 0.476. The van der Waals surface area contributed by atoms with Gasteiger partial charge in [-0.05, 0) is 37.5 Å². The van der Waals surface area contributed by atoms with E-state index in [0.29, 0.717) is 33.7 Å². The Balaban J connectivity index is 2.13. The molecule has 3 heterocycles.